The Morgan fingerprint density at radius 2 is 1.65 bits per heavy atom. The number of hydrogen-bond acceptors (Lipinski definition) is 2. The van der Waals surface area contributed by atoms with Gasteiger partial charge in [-0.2, -0.15) is 0 Å². The van der Waals surface area contributed by atoms with Gasteiger partial charge < -0.3 is 10.6 Å². The first-order chi connectivity index (χ1) is 12.5. The quantitative estimate of drug-likeness (QED) is 0.820. The molecule has 0 aromatic heterocycles. The van der Waals surface area contributed by atoms with Gasteiger partial charge in [0.05, 0.1) is 5.69 Å². The number of halogens is 1. The zero-order valence-electron chi connectivity index (χ0n) is 14.8. The zero-order valence-corrected chi connectivity index (χ0v) is 14.8. The van der Waals surface area contributed by atoms with Gasteiger partial charge >= 0.3 is 0 Å². The van der Waals surface area contributed by atoms with Gasteiger partial charge in [-0.25, -0.2) is 4.39 Å². The zero-order chi connectivity index (χ0) is 18.5. The summed E-state index contributed by atoms with van der Waals surface area (Å²) in [5.41, 5.74) is 2.13. The Kier molecular flexibility index (Phi) is 5.66. The van der Waals surface area contributed by atoms with Gasteiger partial charge in [0, 0.05) is 17.2 Å². The third-order valence-corrected chi connectivity index (χ3v) is 4.77. The van der Waals surface area contributed by atoms with Gasteiger partial charge in [0.1, 0.15) is 5.82 Å². The van der Waals surface area contributed by atoms with Crippen molar-refractivity contribution >= 4 is 23.2 Å². The lowest BCUT2D eigenvalue weighted by Crippen LogP contribution is -2.25. The lowest BCUT2D eigenvalue weighted by atomic mass is 9.88. The lowest BCUT2D eigenvalue weighted by Gasteiger charge is -2.21. The van der Waals surface area contributed by atoms with E-state index in [0.29, 0.717) is 11.3 Å². The maximum atomic E-state index is 14.1. The van der Waals surface area contributed by atoms with E-state index in [9.17, 15) is 14.0 Å². The molecule has 1 aliphatic carbocycles. The fourth-order valence-electron chi connectivity index (χ4n) is 3.21. The number of anilines is 2. The van der Waals surface area contributed by atoms with Gasteiger partial charge in [0.25, 0.3) is 5.91 Å². The van der Waals surface area contributed by atoms with E-state index in [1.165, 1.54) is 18.2 Å². The number of carbonyl (C=O) groups is 2. The molecule has 0 bridgehead atoms. The molecule has 136 valence electrons. The molecule has 0 heterocycles. The van der Waals surface area contributed by atoms with Crippen LogP contribution in [0.3, 0.4) is 0 Å². The molecule has 26 heavy (non-hydrogen) atoms. The number of benzene rings is 2. The molecule has 0 radical (unpaired) electrons. The molecule has 0 spiro atoms. The Morgan fingerprint density at radius 3 is 2.35 bits per heavy atom. The van der Waals surface area contributed by atoms with E-state index in [4.69, 9.17) is 0 Å². The molecule has 1 aliphatic rings. The molecule has 1 saturated carbocycles. The van der Waals surface area contributed by atoms with Crippen molar-refractivity contribution in [1.82, 2.24) is 0 Å². The molecule has 0 saturated heterocycles. The van der Waals surface area contributed by atoms with Crippen molar-refractivity contribution < 1.29 is 14.0 Å². The van der Waals surface area contributed by atoms with Gasteiger partial charge in [-0.3, -0.25) is 9.59 Å². The van der Waals surface area contributed by atoms with E-state index in [-0.39, 0.29) is 23.4 Å². The van der Waals surface area contributed by atoms with Crippen LogP contribution in [0.1, 0.15) is 48.0 Å². The summed E-state index contributed by atoms with van der Waals surface area (Å²) in [6, 6.07) is 11.4. The first kappa shape index (κ1) is 18.1. The number of amides is 2. The van der Waals surface area contributed by atoms with Gasteiger partial charge in [-0.15, -0.1) is 0 Å². The Labute approximate surface area is 152 Å². The molecule has 5 heteroatoms. The SMILES string of the molecule is Cc1ccc(C(=O)Nc2ccc(F)c(NC(=O)C3CCCCC3)c2)cc1. The van der Waals surface area contributed by atoms with Crippen LogP contribution >= 0.6 is 0 Å². The summed E-state index contributed by atoms with van der Waals surface area (Å²) in [5, 5.41) is 5.42. The average Bonchev–Trinajstić information content (AvgIpc) is 2.65. The van der Waals surface area contributed by atoms with Crippen molar-refractivity contribution in [2.45, 2.75) is 39.0 Å². The molecule has 1 fully saturated rings. The van der Waals surface area contributed by atoms with Crippen LogP contribution in [0.5, 0.6) is 0 Å². The summed E-state index contributed by atoms with van der Waals surface area (Å²) in [4.78, 5) is 24.6. The highest BCUT2D eigenvalue weighted by atomic mass is 19.1. The molecular formula is C21H23FN2O2. The number of nitrogens with one attached hydrogen (secondary N) is 2. The highest BCUT2D eigenvalue weighted by Gasteiger charge is 2.22. The molecule has 0 unspecified atom stereocenters. The van der Waals surface area contributed by atoms with Crippen molar-refractivity contribution in [3.05, 3.63) is 59.4 Å². The molecule has 4 nitrogen and oxygen atoms in total. The Bertz CT molecular complexity index is 796. The number of hydrogen-bond donors (Lipinski definition) is 2. The van der Waals surface area contributed by atoms with Gasteiger partial charge in [0.2, 0.25) is 5.91 Å². The topological polar surface area (TPSA) is 58.2 Å². The van der Waals surface area contributed by atoms with Crippen LogP contribution in [-0.2, 0) is 4.79 Å². The van der Waals surface area contributed by atoms with Gasteiger partial charge in [-0.05, 0) is 50.1 Å². The summed E-state index contributed by atoms with van der Waals surface area (Å²) in [6.45, 7) is 1.95. The van der Waals surface area contributed by atoms with E-state index >= 15 is 0 Å². The summed E-state index contributed by atoms with van der Waals surface area (Å²) in [6.07, 6.45) is 4.91. The minimum atomic E-state index is -0.512. The molecular weight excluding hydrogens is 331 g/mol. The van der Waals surface area contributed by atoms with E-state index in [1.54, 1.807) is 12.1 Å². The number of carbonyl (C=O) groups excluding carboxylic acids is 2. The van der Waals surface area contributed by atoms with E-state index in [1.807, 2.05) is 19.1 Å². The summed E-state index contributed by atoms with van der Waals surface area (Å²) < 4.78 is 14.1. The molecule has 2 N–H and O–H groups in total. The molecule has 2 aromatic rings. The number of aryl methyl sites for hydroxylation is 1. The summed E-state index contributed by atoms with van der Waals surface area (Å²) in [7, 11) is 0. The van der Waals surface area contributed by atoms with Crippen molar-refractivity contribution in [2.24, 2.45) is 5.92 Å². The van der Waals surface area contributed by atoms with Crippen LogP contribution < -0.4 is 10.6 Å². The van der Waals surface area contributed by atoms with Crippen molar-refractivity contribution in [3.8, 4) is 0 Å². The third kappa shape index (κ3) is 4.48. The van der Waals surface area contributed by atoms with Crippen LogP contribution in [-0.4, -0.2) is 11.8 Å². The smallest absolute Gasteiger partial charge is 0.255 e. The standard InChI is InChI=1S/C21H23FN2O2/c1-14-7-9-16(10-8-14)20(25)23-17-11-12-18(22)19(13-17)24-21(26)15-5-3-2-4-6-15/h7-13,15H,2-6H2,1H3,(H,23,25)(H,24,26). The predicted octanol–water partition coefficient (Wildman–Crippen LogP) is 4.91. The second-order valence-corrected chi connectivity index (χ2v) is 6.84. The maximum Gasteiger partial charge on any atom is 0.255 e. The third-order valence-electron chi connectivity index (χ3n) is 4.77. The predicted molar refractivity (Wildman–Crippen MR) is 101 cm³/mol. The minimum Gasteiger partial charge on any atom is -0.323 e. The lowest BCUT2D eigenvalue weighted by molar-refractivity contribution is -0.120. The molecule has 2 amide bonds. The van der Waals surface area contributed by atoms with Crippen molar-refractivity contribution in [2.75, 3.05) is 10.6 Å². The highest BCUT2D eigenvalue weighted by molar-refractivity contribution is 6.04. The largest absolute Gasteiger partial charge is 0.323 e. The molecule has 3 rings (SSSR count). The monoisotopic (exact) mass is 354 g/mol. The first-order valence-corrected chi connectivity index (χ1v) is 9.01. The van der Waals surface area contributed by atoms with E-state index in [0.717, 1.165) is 37.7 Å². The van der Waals surface area contributed by atoms with Crippen LogP contribution in [0.4, 0.5) is 15.8 Å². The van der Waals surface area contributed by atoms with Crippen molar-refractivity contribution in [1.29, 1.82) is 0 Å². The van der Waals surface area contributed by atoms with Gasteiger partial charge in [0.15, 0.2) is 0 Å². The maximum absolute atomic E-state index is 14.1. The van der Waals surface area contributed by atoms with E-state index < -0.39 is 5.82 Å². The first-order valence-electron chi connectivity index (χ1n) is 9.01. The minimum absolute atomic E-state index is 0.0612. The van der Waals surface area contributed by atoms with E-state index in [2.05, 4.69) is 10.6 Å². The normalized spacial score (nSPS) is 14.7. The Morgan fingerprint density at radius 1 is 0.962 bits per heavy atom. The Balaban J connectivity index is 1.69. The van der Waals surface area contributed by atoms with Crippen LogP contribution in [0.25, 0.3) is 0 Å². The highest BCUT2D eigenvalue weighted by Crippen LogP contribution is 2.26. The molecule has 0 aliphatic heterocycles. The van der Waals surface area contributed by atoms with Crippen LogP contribution in [0.15, 0.2) is 42.5 Å². The summed E-state index contributed by atoms with van der Waals surface area (Å²) >= 11 is 0. The van der Waals surface area contributed by atoms with Crippen molar-refractivity contribution in [3.63, 3.8) is 0 Å². The summed E-state index contributed by atoms with van der Waals surface area (Å²) in [5.74, 6) is -0.997. The molecule has 2 aromatic carbocycles. The fraction of sp³-hybridized carbons (Fsp3) is 0.333. The number of rotatable bonds is 4. The second kappa shape index (κ2) is 8.13. The average molecular weight is 354 g/mol. The molecule has 0 atom stereocenters. The fourth-order valence-corrected chi connectivity index (χ4v) is 3.21. The van der Waals surface area contributed by atoms with Gasteiger partial charge in [-0.1, -0.05) is 37.0 Å². The van der Waals surface area contributed by atoms with Crippen LogP contribution in [0, 0.1) is 18.7 Å². The second-order valence-electron chi connectivity index (χ2n) is 6.84. The van der Waals surface area contributed by atoms with Crippen LogP contribution in [0.2, 0.25) is 0 Å². The Hall–Kier alpha value is -2.69.